The van der Waals surface area contributed by atoms with Crippen molar-refractivity contribution in [2.45, 2.75) is 36.5 Å². The number of halogens is 4. The van der Waals surface area contributed by atoms with Crippen LogP contribution in [-0.2, 0) is 16.2 Å². The molecular weight excluding hydrogens is 484 g/mol. The van der Waals surface area contributed by atoms with E-state index in [0.29, 0.717) is 12.1 Å². The van der Waals surface area contributed by atoms with Crippen molar-refractivity contribution in [1.82, 2.24) is 9.21 Å². The highest BCUT2D eigenvalue weighted by Crippen LogP contribution is 2.38. The minimum atomic E-state index is -4.72. The van der Waals surface area contributed by atoms with Crippen LogP contribution < -0.4 is 9.80 Å². The van der Waals surface area contributed by atoms with Crippen LogP contribution in [0.1, 0.15) is 18.9 Å². The molecule has 2 heterocycles. The summed E-state index contributed by atoms with van der Waals surface area (Å²) in [7, 11) is 0.146. The van der Waals surface area contributed by atoms with E-state index in [9.17, 15) is 26.0 Å². The first kappa shape index (κ1) is 25.7. The van der Waals surface area contributed by atoms with Gasteiger partial charge in [0.2, 0.25) is 10.0 Å². The molecule has 192 valence electrons. The fraction of sp³-hybridized carbons (Fsp3) is 0.500. The third-order valence-electron chi connectivity index (χ3n) is 6.92. The highest BCUT2D eigenvalue weighted by Gasteiger charge is 2.39. The average molecular weight is 515 g/mol. The normalized spacial score (nSPS) is 22.5. The van der Waals surface area contributed by atoms with Crippen LogP contribution in [0.2, 0.25) is 0 Å². The zero-order valence-corrected chi connectivity index (χ0v) is 20.8. The number of sulfonamides is 1. The summed E-state index contributed by atoms with van der Waals surface area (Å²) in [4.78, 5) is 5.96. The molecular formula is C24H30F4N4O2S. The number of alkyl halides is 3. The number of rotatable bonds is 5. The van der Waals surface area contributed by atoms with Crippen LogP contribution in [0.4, 0.5) is 28.9 Å². The maximum Gasteiger partial charge on any atom is 0.418 e. The van der Waals surface area contributed by atoms with Gasteiger partial charge in [-0.3, -0.25) is 0 Å². The van der Waals surface area contributed by atoms with Gasteiger partial charge in [0.25, 0.3) is 0 Å². The molecule has 0 radical (unpaired) electrons. The Morgan fingerprint density at radius 3 is 2.40 bits per heavy atom. The van der Waals surface area contributed by atoms with Gasteiger partial charge in [0.15, 0.2) is 0 Å². The summed E-state index contributed by atoms with van der Waals surface area (Å²) in [5, 5.41) is 0. The van der Waals surface area contributed by atoms with E-state index in [1.54, 1.807) is 25.1 Å². The van der Waals surface area contributed by atoms with E-state index >= 15 is 0 Å². The summed E-state index contributed by atoms with van der Waals surface area (Å²) in [5.74, 6) is -0.968. The molecule has 0 spiro atoms. The molecule has 35 heavy (non-hydrogen) atoms. The van der Waals surface area contributed by atoms with Gasteiger partial charge in [-0.2, -0.15) is 17.5 Å². The second-order valence-electron chi connectivity index (χ2n) is 9.38. The monoisotopic (exact) mass is 514 g/mol. The minimum absolute atomic E-state index is 0.0195. The van der Waals surface area contributed by atoms with Crippen molar-refractivity contribution in [1.29, 1.82) is 0 Å². The van der Waals surface area contributed by atoms with E-state index in [-0.39, 0.29) is 30.2 Å². The zero-order chi connectivity index (χ0) is 25.5. The quantitative estimate of drug-likeness (QED) is 0.567. The Kier molecular flexibility index (Phi) is 7.05. The summed E-state index contributed by atoms with van der Waals surface area (Å²) in [6, 6.07) is 9.09. The van der Waals surface area contributed by atoms with Gasteiger partial charge in [0, 0.05) is 56.7 Å². The number of anilines is 2. The lowest BCUT2D eigenvalue weighted by Crippen LogP contribution is -2.54. The maximum atomic E-state index is 13.5. The van der Waals surface area contributed by atoms with E-state index in [2.05, 4.69) is 16.8 Å². The van der Waals surface area contributed by atoms with Gasteiger partial charge < -0.3 is 14.7 Å². The number of nitrogens with zero attached hydrogens (tertiary/aromatic N) is 4. The molecule has 2 aromatic rings. The lowest BCUT2D eigenvalue weighted by molar-refractivity contribution is -0.137. The number of hydrogen-bond donors (Lipinski definition) is 0. The highest BCUT2D eigenvalue weighted by molar-refractivity contribution is 7.89. The standard InChI is InChI=1S/C24H30F4N4O2S/c1-17-15-31(23-8-7-18(25)13-22(23)24(26,27)28)11-12-32(17)35(33,34)21-6-4-5-19(14-21)30(3)20-9-10-29(2)16-20/h4-8,13-14,17,20H,9-12,15-16H2,1-3H3/t17-,20?/m1/s1. The van der Waals surface area contributed by atoms with Crippen LogP contribution in [0.5, 0.6) is 0 Å². The Balaban J connectivity index is 1.54. The highest BCUT2D eigenvalue weighted by atomic mass is 32.2. The van der Waals surface area contributed by atoms with Crippen molar-refractivity contribution in [2.24, 2.45) is 0 Å². The van der Waals surface area contributed by atoms with Crippen LogP contribution in [0, 0.1) is 5.82 Å². The molecule has 2 aromatic carbocycles. The van der Waals surface area contributed by atoms with Crippen molar-refractivity contribution >= 4 is 21.4 Å². The molecule has 2 aliphatic rings. The van der Waals surface area contributed by atoms with Gasteiger partial charge in [-0.05, 0) is 63.3 Å². The van der Waals surface area contributed by atoms with E-state index < -0.39 is 33.6 Å². The Morgan fingerprint density at radius 1 is 1.03 bits per heavy atom. The SMILES string of the molecule is C[C@@H]1CN(c2ccc(F)cc2C(F)(F)F)CCN1S(=O)(=O)c1cccc(N(C)C2CCN(C)C2)c1. The molecule has 2 atom stereocenters. The molecule has 2 saturated heterocycles. The number of benzene rings is 2. The predicted molar refractivity (Wildman–Crippen MR) is 128 cm³/mol. The third-order valence-corrected chi connectivity index (χ3v) is 8.93. The Labute approximate surface area is 203 Å². The lowest BCUT2D eigenvalue weighted by Gasteiger charge is -2.41. The second kappa shape index (κ2) is 9.59. The maximum absolute atomic E-state index is 13.5. The second-order valence-corrected chi connectivity index (χ2v) is 11.3. The summed E-state index contributed by atoms with van der Waals surface area (Å²) in [5.41, 5.74) is -0.402. The molecule has 4 rings (SSSR count). The zero-order valence-electron chi connectivity index (χ0n) is 20.0. The van der Waals surface area contributed by atoms with Gasteiger partial charge in [-0.25, -0.2) is 12.8 Å². The first-order valence-corrected chi connectivity index (χ1v) is 13.0. The molecule has 0 N–H and O–H groups in total. The lowest BCUT2D eigenvalue weighted by atomic mass is 10.1. The van der Waals surface area contributed by atoms with Gasteiger partial charge in [0.05, 0.1) is 10.5 Å². The minimum Gasteiger partial charge on any atom is -0.370 e. The number of likely N-dealkylation sites (N-methyl/N-ethyl adjacent to an activating group) is 2. The van der Waals surface area contributed by atoms with Gasteiger partial charge in [-0.1, -0.05) is 6.07 Å². The molecule has 1 unspecified atom stereocenters. The molecule has 0 aromatic heterocycles. The van der Waals surface area contributed by atoms with E-state index in [1.807, 2.05) is 13.1 Å². The molecule has 0 aliphatic carbocycles. The van der Waals surface area contributed by atoms with Crippen LogP contribution >= 0.6 is 0 Å². The molecule has 6 nitrogen and oxygen atoms in total. The number of piperazine rings is 1. The summed E-state index contributed by atoms with van der Waals surface area (Å²) >= 11 is 0. The average Bonchev–Trinajstić information content (AvgIpc) is 3.24. The molecule has 11 heteroatoms. The van der Waals surface area contributed by atoms with Crippen molar-refractivity contribution < 1.29 is 26.0 Å². The van der Waals surface area contributed by atoms with E-state index in [0.717, 1.165) is 37.3 Å². The van der Waals surface area contributed by atoms with Crippen molar-refractivity contribution in [3.63, 3.8) is 0 Å². The van der Waals surface area contributed by atoms with Crippen LogP contribution in [0.3, 0.4) is 0 Å². The number of hydrogen-bond acceptors (Lipinski definition) is 5. The van der Waals surface area contributed by atoms with Gasteiger partial charge in [0.1, 0.15) is 5.82 Å². The fourth-order valence-corrected chi connectivity index (χ4v) is 6.62. The van der Waals surface area contributed by atoms with Gasteiger partial charge in [-0.15, -0.1) is 0 Å². The predicted octanol–water partition coefficient (Wildman–Crippen LogP) is 3.88. The van der Waals surface area contributed by atoms with E-state index in [1.165, 1.54) is 9.21 Å². The Morgan fingerprint density at radius 2 is 1.77 bits per heavy atom. The topological polar surface area (TPSA) is 47.1 Å². The molecule has 0 bridgehead atoms. The van der Waals surface area contributed by atoms with E-state index in [4.69, 9.17) is 0 Å². The van der Waals surface area contributed by atoms with Crippen LogP contribution in [0.15, 0.2) is 47.4 Å². The summed E-state index contributed by atoms with van der Waals surface area (Å²) in [6.07, 6.45) is -3.73. The fourth-order valence-electron chi connectivity index (χ4n) is 4.97. The number of likely N-dealkylation sites (tertiary alicyclic amines) is 1. The van der Waals surface area contributed by atoms with Crippen molar-refractivity contribution in [3.8, 4) is 0 Å². The Bertz CT molecular complexity index is 1170. The smallest absolute Gasteiger partial charge is 0.370 e. The summed E-state index contributed by atoms with van der Waals surface area (Å²) < 4.78 is 82.4. The van der Waals surface area contributed by atoms with Gasteiger partial charge >= 0.3 is 6.18 Å². The first-order chi connectivity index (χ1) is 16.4. The third kappa shape index (κ3) is 5.26. The molecule has 2 fully saturated rings. The van der Waals surface area contributed by atoms with Crippen molar-refractivity contribution in [3.05, 3.63) is 53.8 Å². The summed E-state index contributed by atoms with van der Waals surface area (Å²) in [6.45, 7) is 3.69. The Hall–Kier alpha value is -2.37. The van der Waals surface area contributed by atoms with Crippen LogP contribution in [-0.4, -0.2) is 76.5 Å². The molecule has 0 saturated carbocycles. The molecule has 0 amide bonds. The largest absolute Gasteiger partial charge is 0.418 e. The first-order valence-electron chi connectivity index (χ1n) is 11.5. The molecule has 2 aliphatic heterocycles. The van der Waals surface area contributed by atoms with Crippen LogP contribution in [0.25, 0.3) is 0 Å². The van der Waals surface area contributed by atoms with Crippen molar-refractivity contribution in [2.75, 3.05) is 56.6 Å².